The monoisotopic (exact) mass is 224 g/mol. The van der Waals surface area contributed by atoms with E-state index in [0.717, 1.165) is 0 Å². The van der Waals surface area contributed by atoms with Gasteiger partial charge in [0.1, 0.15) is 6.07 Å². The molecule has 82 valence electrons. The van der Waals surface area contributed by atoms with Gasteiger partial charge in [-0.05, 0) is 17.7 Å². The molecule has 1 heterocycles. The van der Waals surface area contributed by atoms with Gasteiger partial charge in [-0.2, -0.15) is 5.26 Å². The molecule has 4 nitrogen and oxygen atoms in total. The lowest BCUT2D eigenvalue weighted by Gasteiger charge is -2.05. The predicted molar refractivity (Wildman–Crippen MR) is 61.3 cm³/mol. The fourth-order valence-corrected chi connectivity index (χ4v) is 1.57. The van der Waals surface area contributed by atoms with Gasteiger partial charge in [0, 0.05) is 18.0 Å². The van der Waals surface area contributed by atoms with E-state index in [1.165, 1.54) is 12.3 Å². The van der Waals surface area contributed by atoms with E-state index >= 15 is 0 Å². The number of aromatic carboxylic acids is 1. The molecule has 0 aliphatic rings. The van der Waals surface area contributed by atoms with Gasteiger partial charge in [-0.3, -0.25) is 4.98 Å². The maximum atomic E-state index is 11.1. The smallest absolute Gasteiger partial charge is 0.336 e. The number of rotatable bonds is 2. The Balaban J connectivity index is 2.61. The molecule has 0 aliphatic carbocycles. The van der Waals surface area contributed by atoms with Crippen molar-refractivity contribution in [3.8, 4) is 17.2 Å². The molecule has 0 saturated heterocycles. The Kier molecular flexibility index (Phi) is 2.84. The van der Waals surface area contributed by atoms with E-state index in [0.29, 0.717) is 16.7 Å². The highest BCUT2D eigenvalue weighted by Crippen LogP contribution is 2.23. The number of benzene rings is 1. The Morgan fingerprint density at radius 3 is 2.76 bits per heavy atom. The Morgan fingerprint density at radius 2 is 2.06 bits per heavy atom. The number of nitriles is 1. The molecule has 0 saturated carbocycles. The van der Waals surface area contributed by atoms with Crippen molar-refractivity contribution in [2.24, 2.45) is 0 Å². The summed E-state index contributed by atoms with van der Waals surface area (Å²) in [6.07, 6.45) is 2.98. The van der Waals surface area contributed by atoms with Crippen LogP contribution in [0.4, 0.5) is 0 Å². The zero-order valence-electron chi connectivity index (χ0n) is 8.79. The molecule has 0 bridgehead atoms. The second-order valence-electron chi connectivity index (χ2n) is 3.42. The van der Waals surface area contributed by atoms with E-state index in [1.54, 1.807) is 30.5 Å². The lowest BCUT2D eigenvalue weighted by molar-refractivity contribution is 0.0697. The van der Waals surface area contributed by atoms with Crippen molar-refractivity contribution >= 4 is 5.97 Å². The highest BCUT2D eigenvalue weighted by Gasteiger charge is 2.11. The molecule has 1 aromatic carbocycles. The van der Waals surface area contributed by atoms with Crippen LogP contribution in [-0.4, -0.2) is 16.1 Å². The van der Waals surface area contributed by atoms with Crippen LogP contribution in [0.2, 0.25) is 0 Å². The van der Waals surface area contributed by atoms with Crippen molar-refractivity contribution in [2.45, 2.75) is 0 Å². The van der Waals surface area contributed by atoms with Crippen LogP contribution < -0.4 is 0 Å². The zero-order chi connectivity index (χ0) is 12.3. The first-order valence-corrected chi connectivity index (χ1v) is 4.90. The third-order valence-electron chi connectivity index (χ3n) is 2.34. The Hall–Kier alpha value is -2.67. The topological polar surface area (TPSA) is 74.0 Å². The van der Waals surface area contributed by atoms with Crippen LogP contribution in [0, 0.1) is 11.3 Å². The molecule has 1 N–H and O–H groups in total. The minimum atomic E-state index is -0.997. The number of carbonyl (C=O) groups is 1. The predicted octanol–water partition coefficient (Wildman–Crippen LogP) is 2.32. The van der Waals surface area contributed by atoms with Crippen LogP contribution >= 0.6 is 0 Å². The summed E-state index contributed by atoms with van der Waals surface area (Å²) in [5.74, 6) is -0.997. The van der Waals surface area contributed by atoms with Crippen LogP contribution in [0.15, 0.2) is 42.7 Å². The van der Waals surface area contributed by atoms with E-state index < -0.39 is 5.97 Å². The van der Waals surface area contributed by atoms with Gasteiger partial charge in [0.05, 0.1) is 11.1 Å². The molecule has 0 atom stereocenters. The summed E-state index contributed by atoms with van der Waals surface area (Å²) in [5, 5.41) is 17.8. The summed E-state index contributed by atoms with van der Waals surface area (Å²) in [4.78, 5) is 15.0. The largest absolute Gasteiger partial charge is 0.478 e. The molecule has 2 rings (SSSR count). The van der Waals surface area contributed by atoms with Crippen molar-refractivity contribution in [1.82, 2.24) is 4.98 Å². The summed E-state index contributed by atoms with van der Waals surface area (Å²) in [5.41, 5.74) is 1.79. The van der Waals surface area contributed by atoms with Crippen LogP contribution in [0.25, 0.3) is 11.1 Å². The summed E-state index contributed by atoms with van der Waals surface area (Å²) >= 11 is 0. The average Bonchev–Trinajstić information content (AvgIpc) is 2.39. The SMILES string of the molecule is N#Cc1cncc(-c2ccccc2C(=O)O)c1. The molecule has 0 spiro atoms. The van der Waals surface area contributed by atoms with Crippen LogP contribution in [-0.2, 0) is 0 Å². The van der Waals surface area contributed by atoms with Crippen LogP contribution in [0.1, 0.15) is 15.9 Å². The van der Waals surface area contributed by atoms with Gasteiger partial charge >= 0.3 is 5.97 Å². The normalized spacial score (nSPS) is 9.59. The Morgan fingerprint density at radius 1 is 1.29 bits per heavy atom. The van der Waals surface area contributed by atoms with E-state index in [2.05, 4.69) is 4.98 Å². The van der Waals surface area contributed by atoms with Crippen molar-refractivity contribution in [1.29, 1.82) is 5.26 Å². The molecular formula is C13H8N2O2. The molecule has 0 amide bonds. The summed E-state index contributed by atoms with van der Waals surface area (Å²) in [7, 11) is 0. The van der Waals surface area contributed by atoms with Crippen LogP contribution in [0.3, 0.4) is 0 Å². The molecule has 0 fully saturated rings. The van der Waals surface area contributed by atoms with Crippen molar-refractivity contribution in [2.75, 3.05) is 0 Å². The molecule has 17 heavy (non-hydrogen) atoms. The van der Waals surface area contributed by atoms with Gasteiger partial charge in [-0.25, -0.2) is 4.79 Å². The third kappa shape index (κ3) is 2.13. The van der Waals surface area contributed by atoms with Gasteiger partial charge in [0.15, 0.2) is 0 Å². The number of carboxylic acids is 1. The fraction of sp³-hybridized carbons (Fsp3) is 0. The average molecular weight is 224 g/mol. The molecule has 0 aliphatic heterocycles. The number of hydrogen-bond donors (Lipinski definition) is 1. The minimum absolute atomic E-state index is 0.199. The van der Waals surface area contributed by atoms with Crippen molar-refractivity contribution in [3.05, 3.63) is 53.9 Å². The number of aromatic nitrogens is 1. The lowest BCUT2D eigenvalue weighted by atomic mass is 10.0. The van der Waals surface area contributed by atoms with Gasteiger partial charge in [-0.1, -0.05) is 18.2 Å². The molecular weight excluding hydrogens is 216 g/mol. The maximum Gasteiger partial charge on any atom is 0.336 e. The number of nitrogens with zero attached hydrogens (tertiary/aromatic N) is 2. The van der Waals surface area contributed by atoms with Gasteiger partial charge in [0.2, 0.25) is 0 Å². The minimum Gasteiger partial charge on any atom is -0.478 e. The number of carboxylic acid groups (broad SMARTS) is 1. The van der Waals surface area contributed by atoms with E-state index in [1.807, 2.05) is 6.07 Å². The first-order chi connectivity index (χ1) is 8.22. The van der Waals surface area contributed by atoms with Gasteiger partial charge in [-0.15, -0.1) is 0 Å². The zero-order valence-corrected chi connectivity index (χ0v) is 8.79. The summed E-state index contributed by atoms with van der Waals surface area (Å²) in [6.45, 7) is 0. The van der Waals surface area contributed by atoms with E-state index in [4.69, 9.17) is 10.4 Å². The van der Waals surface area contributed by atoms with Gasteiger partial charge < -0.3 is 5.11 Å². The first-order valence-electron chi connectivity index (χ1n) is 4.90. The summed E-state index contributed by atoms with van der Waals surface area (Å²) < 4.78 is 0. The highest BCUT2D eigenvalue weighted by molar-refractivity contribution is 5.95. The lowest BCUT2D eigenvalue weighted by Crippen LogP contribution is -1.99. The fourth-order valence-electron chi connectivity index (χ4n) is 1.57. The molecule has 1 aromatic heterocycles. The molecule has 2 aromatic rings. The molecule has 0 unspecified atom stereocenters. The first kappa shape index (κ1) is 10.8. The second kappa shape index (κ2) is 4.45. The molecule has 4 heteroatoms. The third-order valence-corrected chi connectivity index (χ3v) is 2.34. The summed E-state index contributed by atoms with van der Waals surface area (Å²) in [6, 6.07) is 10.2. The highest BCUT2D eigenvalue weighted by atomic mass is 16.4. The van der Waals surface area contributed by atoms with Gasteiger partial charge in [0.25, 0.3) is 0 Å². The number of hydrogen-bond acceptors (Lipinski definition) is 3. The Labute approximate surface area is 97.8 Å². The Bertz CT molecular complexity index is 615. The van der Waals surface area contributed by atoms with Crippen LogP contribution in [0.5, 0.6) is 0 Å². The van der Waals surface area contributed by atoms with Crippen molar-refractivity contribution < 1.29 is 9.90 Å². The van der Waals surface area contributed by atoms with E-state index in [9.17, 15) is 4.79 Å². The van der Waals surface area contributed by atoms with Crippen molar-refractivity contribution in [3.63, 3.8) is 0 Å². The molecule has 0 radical (unpaired) electrons. The number of pyridine rings is 1. The standard InChI is InChI=1S/C13H8N2O2/c14-6-9-5-10(8-15-7-9)11-3-1-2-4-12(11)13(16)17/h1-5,7-8H,(H,16,17). The van der Waals surface area contributed by atoms with E-state index in [-0.39, 0.29) is 5.56 Å². The quantitative estimate of drug-likeness (QED) is 0.849. The maximum absolute atomic E-state index is 11.1. The second-order valence-corrected chi connectivity index (χ2v) is 3.42.